The van der Waals surface area contributed by atoms with Crippen molar-refractivity contribution in [2.45, 2.75) is 18.4 Å². The molecule has 8 heteroatoms. The number of aromatic nitrogens is 2. The Morgan fingerprint density at radius 3 is 2.50 bits per heavy atom. The molecule has 1 heterocycles. The monoisotopic (exact) mass is 295 g/mol. The Kier molecular flexibility index (Phi) is 3.75. The first-order valence-electron chi connectivity index (χ1n) is 5.72. The molecule has 0 radical (unpaired) electrons. The third kappa shape index (κ3) is 3.35. The number of hydrogen-bond donors (Lipinski definition) is 3. The molecule has 0 unspecified atom stereocenters. The van der Waals surface area contributed by atoms with E-state index in [0.717, 1.165) is 0 Å². The predicted octanol–water partition coefficient (Wildman–Crippen LogP) is 1.15. The number of benzene rings is 1. The highest BCUT2D eigenvalue weighted by Crippen LogP contribution is 2.15. The summed E-state index contributed by atoms with van der Waals surface area (Å²) in [6.45, 7) is 1.65. The summed E-state index contributed by atoms with van der Waals surface area (Å²) in [5.74, 6) is -0.437. The molecule has 0 atom stereocenters. The quantitative estimate of drug-likeness (QED) is 0.766. The van der Waals surface area contributed by atoms with Gasteiger partial charge in [-0.05, 0) is 24.6 Å². The van der Waals surface area contributed by atoms with Crippen LogP contribution >= 0.6 is 0 Å². The Morgan fingerprint density at radius 2 is 2.00 bits per heavy atom. The second-order valence-corrected chi connectivity index (χ2v) is 5.86. The number of carboxylic acid groups (broad SMARTS) is 1. The highest BCUT2D eigenvalue weighted by molar-refractivity contribution is 7.92. The molecular formula is C12H13N3O4S. The summed E-state index contributed by atoms with van der Waals surface area (Å²) >= 11 is 0. The van der Waals surface area contributed by atoms with Crippen LogP contribution in [-0.2, 0) is 21.2 Å². The molecule has 1 aromatic heterocycles. The van der Waals surface area contributed by atoms with Gasteiger partial charge in [0.1, 0.15) is 5.82 Å². The molecule has 0 amide bonds. The molecule has 1 aromatic carbocycles. The topological polar surface area (TPSA) is 112 Å². The molecule has 0 aliphatic carbocycles. The first-order valence-corrected chi connectivity index (χ1v) is 7.20. The van der Waals surface area contributed by atoms with Gasteiger partial charge in [-0.15, -0.1) is 0 Å². The predicted molar refractivity (Wildman–Crippen MR) is 71.9 cm³/mol. The van der Waals surface area contributed by atoms with Gasteiger partial charge >= 0.3 is 5.97 Å². The lowest BCUT2D eigenvalue weighted by Gasteiger charge is -2.06. The first-order chi connectivity index (χ1) is 9.37. The van der Waals surface area contributed by atoms with Crippen LogP contribution in [0.15, 0.2) is 35.5 Å². The molecule has 2 aromatic rings. The Hall–Kier alpha value is -2.35. The normalized spacial score (nSPS) is 11.2. The fraction of sp³-hybridized carbons (Fsp3) is 0.167. The molecule has 20 heavy (non-hydrogen) atoms. The zero-order valence-electron chi connectivity index (χ0n) is 10.6. The highest BCUT2D eigenvalue weighted by atomic mass is 32.2. The van der Waals surface area contributed by atoms with Crippen LogP contribution in [0.25, 0.3) is 0 Å². The number of aromatic amines is 1. The molecule has 3 N–H and O–H groups in total. The molecule has 7 nitrogen and oxygen atoms in total. The van der Waals surface area contributed by atoms with E-state index in [9.17, 15) is 13.2 Å². The molecule has 0 saturated carbocycles. The maximum Gasteiger partial charge on any atom is 0.307 e. The van der Waals surface area contributed by atoms with Crippen LogP contribution in [0, 0.1) is 6.92 Å². The second-order valence-electron chi connectivity index (χ2n) is 4.21. The average Bonchev–Trinajstić information content (AvgIpc) is 2.78. The lowest BCUT2D eigenvalue weighted by Crippen LogP contribution is -2.13. The molecule has 0 aliphatic rings. The standard InChI is InChI=1S/C12H13N3O4S/c1-8-13-7-11(14-8)20(18,19)15-10-4-2-9(3-5-10)6-12(16)17/h2-5,7,15H,6H2,1H3,(H,13,14)(H,16,17). The SMILES string of the molecule is Cc1ncc(S(=O)(=O)Nc2ccc(CC(=O)O)cc2)[nH]1. The van der Waals surface area contributed by atoms with Crippen LogP contribution in [-0.4, -0.2) is 29.5 Å². The molecule has 0 saturated heterocycles. The lowest BCUT2D eigenvalue weighted by atomic mass is 10.1. The van der Waals surface area contributed by atoms with Crippen LogP contribution in [0.4, 0.5) is 5.69 Å². The van der Waals surface area contributed by atoms with E-state index in [4.69, 9.17) is 5.11 Å². The number of aliphatic carboxylic acids is 1. The van der Waals surface area contributed by atoms with Crippen LogP contribution in [0.3, 0.4) is 0 Å². The van der Waals surface area contributed by atoms with Gasteiger partial charge in [-0.3, -0.25) is 9.52 Å². The van der Waals surface area contributed by atoms with Crippen LogP contribution in [0.1, 0.15) is 11.4 Å². The van der Waals surface area contributed by atoms with Gasteiger partial charge in [0.25, 0.3) is 10.0 Å². The fourth-order valence-corrected chi connectivity index (χ4v) is 2.64. The molecular weight excluding hydrogens is 282 g/mol. The third-order valence-electron chi connectivity index (χ3n) is 2.53. The van der Waals surface area contributed by atoms with Gasteiger partial charge in [0.05, 0.1) is 12.6 Å². The van der Waals surface area contributed by atoms with Gasteiger partial charge < -0.3 is 10.1 Å². The Morgan fingerprint density at radius 1 is 1.35 bits per heavy atom. The van der Waals surface area contributed by atoms with Crippen molar-refractivity contribution in [2.24, 2.45) is 0 Å². The van der Waals surface area contributed by atoms with Gasteiger partial charge in [0, 0.05) is 5.69 Å². The molecule has 0 aliphatic heterocycles. The summed E-state index contributed by atoms with van der Waals surface area (Å²) in [5.41, 5.74) is 0.948. The van der Waals surface area contributed by atoms with Crippen molar-refractivity contribution >= 4 is 21.7 Å². The van der Waals surface area contributed by atoms with E-state index in [1.807, 2.05) is 0 Å². The number of hydrogen-bond acceptors (Lipinski definition) is 4. The first kappa shape index (κ1) is 14.1. The van der Waals surface area contributed by atoms with E-state index in [-0.39, 0.29) is 11.4 Å². The minimum atomic E-state index is -3.71. The van der Waals surface area contributed by atoms with Crippen molar-refractivity contribution in [2.75, 3.05) is 4.72 Å². The van der Waals surface area contributed by atoms with Gasteiger partial charge in [-0.1, -0.05) is 12.1 Å². The average molecular weight is 295 g/mol. The van der Waals surface area contributed by atoms with E-state index in [2.05, 4.69) is 14.7 Å². The smallest absolute Gasteiger partial charge is 0.307 e. The van der Waals surface area contributed by atoms with Gasteiger partial charge in [-0.2, -0.15) is 8.42 Å². The number of sulfonamides is 1. The van der Waals surface area contributed by atoms with E-state index >= 15 is 0 Å². The van der Waals surface area contributed by atoms with Crippen molar-refractivity contribution in [3.8, 4) is 0 Å². The number of carbonyl (C=O) groups is 1. The van der Waals surface area contributed by atoms with E-state index in [0.29, 0.717) is 17.1 Å². The Bertz CT molecular complexity index is 719. The number of imidazole rings is 1. The minimum Gasteiger partial charge on any atom is -0.481 e. The van der Waals surface area contributed by atoms with E-state index < -0.39 is 16.0 Å². The molecule has 0 bridgehead atoms. The van der Waals surface area contributed by atoms with Crippen LogP contribution in [0.2, 0.25) is 0 Å². The summed E-state index contributed by atoms with van der Waals surface area (Å²) < 4.78 is 26.4. The van der Waals surface area contributed by atoms with Gasteiger partial charge in [-0.25, -0.2) is 4.98 Å². The number of nitrogens with zero attached hydrogens (tertiary/aromatic N) is 1. The van der Waals surface area contributed by atoms with Crippen molar-refractivity contribution in [1.29, 1.82) is 0 Å². The summed E-state index contributed by atoms with van der Waals surface area (Å²) in [5, 5.41) is 8.63. The van der Waals surface area contributed by atoms with Crippen molar-refractivity contribution < 1.29 is 18.3 Å². The number of aryl methyl sites for hydroxylation is 1. The summed E-state index contributed by atoms with van der Waals surface area (Å²) in [6.07, 6.45) is 1.13. The minimum absolute atomic E-state index is 0.0235. The number of H-pyrrole nitrogens is 1. The molecule has 106 valence electrons. The Balaban J connectivity index is 2.15. The number of anilines is 1. The number of rotatable bonds is 5. The van der Waals surface area contributed by atoms with Gasteiger partial charge in [0.15, 0.2) is 5.03 Å². The van der Waals surface area contributed by atoms with Crippen molar-refractivity contribution in [3.05, 3.63) is 41.9 Å². The van der Waals surface area contributed by atoms with E-state index in [1.165, 1.54) is 18.3 Å². The molecule has 0 spiro atoms. The maximum absolute atomic E-state index is 12.0. The highest BCUT2D eigenvalue weighted by Gasteiger charge is 2.16. The van der Waals surface area contributed by atoms with E-state index in [1.54, 1.807) is 19.1 Å². The maximum atomic E-state index is 12.0. The number of carboxylic acids is 1. The summed E-state index contributed by atoms with van der Waals surface area (Å²) in [4.78, 5) is 17.0. The zero-order chi connectivity index (χ0) is 14.8. The Labute approximate surface area is 115 Å². The third-order valence-corrected chi connectivity index (χ3v) is 3.82. The number of nitrogens with one attached hydrogen (secondary N) is 2. The molecule has 2 rings (SSSR count). The fourth-order valence-electron chi connectivity index (χ4n) is 1.61. The lowest BCUT2D eigenvalue weighted by molar-refractivity contribution is -0.136. The summed E-state index contributed by atoms with van der Waals surface area (Å²) in [7, 11) is -3.71. The van der Waals surface area contributed by atoms with Crippen LogP contribution in [0.5, 0.6) is 0 Å². The van der Waals surface area contributed by atoms with Crippen molar-refractivity contribution in [3.63, 3.8) is 0 Å². The van der Waals surface area contributed by atoms with Crippen molar-refractivity contribution in [1.82, 2.24) is 9.97 Å². The zero-order valence-corrected chi connectivity index (χ0v) is 11.4. The second kappa shape index (κ2) is 5.33. The molecule has 0 fully saturated rings. The van der Waals surface area contributed by atoms with Gasteiger partial charge in [0.2, 0.25) is 0 Å². The van der Waals surface area contributed by atoms with Crippen LogP contribution < -0.4 is 4.72 Å². The summed E-state index contributed by atoms with van der Waals surface area (Å²) in [6, 6.07) is 6.15. The largest absolute Gasteiger partial charge is 0.481 e.